The molecule has 1 fully saturated rings. The molecule has 5 rings (SSSR count). The molecule has 6 nitrogen and oxygen atoms in total. The minimum atomic E-state index is -0.804. The van der Waals surface area contributed by atoms with Crippen LogP contribution in [0.3, 0.4) is 0 Å². The minimum Gasteiger partial charge on any atom is -0.507 e. The summed E-state index contributed by atoms with van der Waals surface area (Å²) in [6.07, 6.45) is 0. The second-order valence-electron chi connectivity index (χ2n) is 6.98. The molecule has 3 aromatic carbocycles. The van der Waals surface area contributed by atoms with E-state index in [0.717, 1.165) is 0 Å². The third-order valence-electron chi connectivity index (χ3n) is 5.24. The maximum absolute atomic E-state index is 13.1. The van der Waals surface area contributed by atoms with Crippen LogP contribution in [-0.2, 0) is 9.59 Å². The normalized spacial score (nSPS) is 19.3. The van der Waals surface area contributed by atoms with Crippen LogP contribution in [0.15, 0.2) is 84.4 Å². The van der Waals surface area contributed by atoms with Gasteiger partial charge in [0.2, 0.25) is 6.79 Å². The summed E-state index contributed by atoms with van der Waals surface area (Å²) >= 11 is 0. The maximum Gasteiger partial charge on any atom is 0.300 e. The number of rotatable bonds is 3. The van der Waals surface area contributed by atoms with Crippen LogP contribution < -0.4 is 14.4 Å². The molecule has 0 aliphatic carbocycles. The number of ether oxygens (including phenoxy) is 2. The first kappa shape index (κ1) is 18.0. The summed E-state index contributed by atoms with van der Waals surface area (Å²) in [6.45, 7) is 0.113. The van der Waals surface area contributed by atoms with Gasteiger partial charge in [-0.05, 0) is 29.8 Å². The van der Waals surface area contributed by atoms with Gasteiger partial charge < -0.3 is 14.6 Å². The third kappa shape index (κ3) is 2.81. The molecule has 1 saturated heterocycles. The molecule has 0 spiro atoms. The number of hydrogen-bond acceptors (Lipinski definition) is 5. The fourth-order valence-electron chi connectivity index (χ4n) is 3.84. The number of aliphatic hydroxyl groups excluding tert-OH is 1. The maximum atomic E-state index is 13.1. The number of aliphatic hydroxyl groups is 1. The molecular formula is C24H17NO5. The highest BCUT2D eigenvalue weighted by Crippen LogP contribution is 2.44. The largest absolute Gasteiger partial charge is 0.507 e. The Kier molecular flexibility index (Phi) is 4.25. The van der Waals surface area contributed by atoms with Gasteiger partial charge >= 0.3 is 0 Å². The summed E-state index contributed by atoms with van der Waals surface area (Å²) in [5.41, 5.74) is 1.71. The van der Waals surface area contributed by atoms with E-state index in [1.165, 1.54) is 4.90 Å². The molecule has 1 amide bonds. The number of nitrogens with zero attached hydrogens (tertiary/aromatic N) is 1. The van der Waals surface area contributed by atoms with E-state index >= 15 is 0 Å². The average molecular weight is 399 g/mol. The van der Waals surface area contributed by atoms with E-state index in [1.807, 2.05) is 12.1 Å². The Hall–Kier alpha value is -4.06. The van der Waals surface area contributed by atoms with Gasteiger partial charge in [-0.15, -0.1) is 0 Å². The van der Waals surface area contributed by atoms with Crippen molar-refractivity contribution < 1.29 is 24.2 Å². The Bertz CT molecular complexity index is 1170. The lowest BCUT2D eigenvalue weighted by molar-refractivity contribution is -0.132. The molecule has 1 unspecified atom stereocenters. The van der Waals surface area contributed by atoms with Crippen molar-refractivity contribution in [2.45, 2.75) is 6.04 Å². The highest BCUT2D eigenvalue weighted by molar-refractivity contribution is 6.51. The fraction of sp³-hybridized carbons (Fsp3) is 0.0833. The second kappa shape index (κ2) is 7.08. The van der Waals surface area contributed by atoms with Gasteiger partial charge in [-0.1, -0.05) is 54.6 Å². The minimum absolute atomic E-state index is 0.0360. The number of carbonyl (C=O) groups excluding carboxylic acids is 2. The fourth-order valence-corrected chi connectivity index (χ4v) is 3.84. The standard InChI is InChI=1S/C24H17NO5/c26-22(15-7-3-1-4-8-15)20-21(16-11-12-18-19(13-16)30-14-29-18)25(24(28)23(20)27)17-9-5-2-6-10-17/h1-13,21,26H,14H2/b22-20-. The zero-order chi connectivity index (χ0) is 20.7. The smallest absolute Gasteiger partial charge is 0.300 e. The molecule has 0 radical (unpaired) electrons. The summed E-state index contributed by atoms with van der Waals surface area (Å²) < 4.78 is 10.9. The van der Waals surface area contributed by atoms with Crippen molar-refractivity contribution >= 4 is 23.1 Å². The van der Waals surface area contributed by atoms with Gasteiger partial charge in [0.1, 0.15) is 5.76 Å². The van der Waals surface area contributed by atoms with Crippen LogP contribution in [0.5, 0.6) is 11.5 Å². The first-order valence-electron chi connectivity index (χ1n) is 9.46. The number of para-hydroxylation sites is 1. The summed E-state index contributed by atoms with van der Waals surface area (Å²) in [4.78, 5) is 27.5. The number of carbonyl (C=O) groups is 2. The van der Waals surface area contributed by atoms with E-state index in [2.05, 4.69) is 0 Å². The van der Waals surface area contributed by atoms with Crippen molar-refractivity contribution in [3.63, 3.8) is 0 Å². The number of Topliss-reactive ketones (excluding diaryl/α,β-unsaturated/α-hetero) is 1. The molecule has 148 valence electrons. The predicted octanol–water partition coefficient (Wildman–Crippen LogP) is 4.04. The summed E-state index contributed by atoms with van der Waals surface area (Å²) in [6, 6.07) is 22.1. The molecule has 3 aromatic rings. The second-order valence-corrected chi connectivity index (χ2v) is 6.98. The molecular weight excluding hydrogens is 382 g/mol. The van der Waals surface area contributed by atoms with Gasteiger partial charge in [-0.3, -0.25) is 14.5 Å². The predicted molar refractivity (Wildman–Crippen MR) is 110 cm³/mol. The first-order chi connectivity index (χ1) is 14.6. The van der Waals surface area contributed by atoms with Gasteiger partial charge in [0.15, 0.2) is 11.5 Å². The van der Waals surface area contributed by atoms with Crippen LogP contribution in [0.4, 0.5) is 5.69 Å². The number of amides is 1. The third-order valence-corrected chi connectivity index (χ3v) is 5.24. The Labute approximate surface area is 172 Å². The Morgan fingerprint density at radius 2 is 1.53 bits per heavy atom. The quantitative estimate of drug-likeness (QED) is 0.409. The van der Waals surface area contributed by atoms with Crippen molar-refractivity contribution in [3.8, 4) is 11.5 Å². The molecule has 2 aliphatic heterocycles. The van der Waals surface area contributed by atoms with Crippen LogP contribution in [0, 0.1) is 0 Å². The zero-order valence-electron chi connectivity index (χ0n) is 15.8. The molecule has 30 heavy (non-hydrogen) atoms. The van der Waals surface area contributed by atoms with Crippen molar-refractivity contribution in [1.29, 1.82) is 0 Å². The topological polar surface area (TPSA) is 76.1 Å². The van der Waals surface area contributed by atoms with Gasteiger partial charge in [-0.25, -0.2) is 0 Å². The Morgan fingerprint density at radius 3 is 2.27 bits per heavy atom. The van der Waals surface area contributed by atoms with Crippen molar-refractivity contribution in [2.75, 3.05) is 11.7 Å². The molecule has 0 saturated carbocycles. The molecule has 1 atom stereocenters. The number of benzene rings is 3. The number of anilines is 1. The number of fused-ring (bicyclic) bond motifs is 1. The molecule has 2 aliphatic rings. The molecule has 2 heterocycles. The Morgan fingerprint density at radius 1 is 0.867 bits per heavy atom. The molecule has 0 aromatic heterocycles. The van der Waals surface area contributed by atoms with Gasteiger partial charge in [0.05, 0.1) is 11.6 Å². The summed E-state index contributed by atoms with van der Waals surface area (Å²) in [7, 11) is 0. The van der Waals surface area contributed by atoms with E-state index in [9.17, 15) is 14.7 Å². The highest BCUT2D eigenvalue weighted by Gasteiger charge is 2.47. The van der Waals surface area contributed by atoms with Gasteiger partial charge in [0, 0.05) is 11.3 Å². The van der Waals surface area contributed by atoms with E-state index in [4.69, 9.17) is 9.47 Å². The van der Waals surface area contributed by atoms with Crippen LogP contribution in [0.2, 0.25) is 0 Å². The SMILES string of the molecule is O=C1C(=O)N(c2ccccc2)C(c2ccc3c(c2)OCO3)/C1=C(/O)c1ccccc1. The Balaban J connectivity index is 1.73. The summed E-state index contributed by atoms with van der Waals surface area (Å²) in [5, 5.41) is 11.0. The van der Waals surface area contributed by atoms with Crippen LogP contribution in [0.1, 0.15) is 17.2 Å². The van der Waals surface area contributed by atoms with E-state index < -0.39 is 17.7 Å². The lowest BCUT2D eigenvalue weighted by Gasteiger charge is -2.25. The lowest BCUT2D eigenvalue weighted by Crippen LogP contribution is -2.29. The number of ketones is 1. The average Bonchev–Trinajstić information content (AvgIpc) is 3.36. The molecule has 6 heteroatoms. The van der Waals surface area contributed by atoms with Gasteiger partial charge in [-0.2, -0.15) is 0 Å². The van der Waals surface area contributed by atoms with Crippen LogP contribution >= 0.6 is 0 Å². The van der Waals surface area contributed by atoms with E-state index in [0.29, 0.717) is 28.3 Å². The van der Waals surface area contributed by atoms with Crippen molar-refractivity contribution in [3.05, 3.63) is 95.6 Å². The highest BCUT2D eigenvalue weighted by atomic mass is 16.7. The zero-order valence-corrected chi connectivity index (χ0v) is 15.8. The van der Waals surface area contributed by atoms with E-state index in [1.54, 1.807) is 66.7 Å². The van der Waals surface area contributed by atoms with Gasteiger partial charge in [0.25, 0.3) is 11.7 Å². The van der Waals surface area contributed by atoms with Crippen LogP contribution in [-0.4, -0.2) is 23.6 Å². The monoisotopic (exact) mass is 399 g/mol. The van der Waals surface area contributed by atoms with Crippen LogP contribution in [0.25, 0.3) is 5.76 Å². The van der Waals surface area contributed by atoms with E-state index in [-0.39, 0.29) is 18.1 Å². The lowest BCUT2D eigenvalue weighted by atomic mass is 9.95. The van der Waals surface area contributed by atoms with Crippen molar-refractivity contribution in [2.24, 2.45) is 0 Å². The summed E-state index contributed by atoms with van der Waals surface area (Å²) in [5.74, 6) is -0.511. The molecule has 0 bridgehead atoms. The first-order valence-corrected chi connectivity index (χ1v) is 9.46. The van der Waals surface area contributed by atoms with Crippen molar-refractivity contribution in [1.82, 2.24) is 0 Å². The number of hydrogen-bond donors (Lipinski definition) is 1. The molecule has 1 N–H and O–H groups in total.